The van der Waals surface area contributed by atoms with E-state index in [9.17, 15) is 9.50 Å². The van der Waals surface area contributed by atoms with Gasteiger partial charge in [0.1, 0.15) is 11.4 Å². The quantitative estimate of drug-likeness (QED) is 0.750. The molecule has 0 amide bonds. The summed E-state index contributed by atoms with van der Waals surface area (Å²) in [5.74, 6) is -0.527. The van der Waals surface area contributed by atoms with E-state index >= 15 is 0 Å². The highest BCUT2D eigenvalue weighted by Crippen LogP contribution is 2.30. The first kappa shape index (κ1) is 10.1. The normalized spacial score (nSPS) is 16.5. The van der Waals surface area contributed by atoms with E-state index in [4.69, 9.17) is 0 Å². The van der Waals surface area contributed by atoms with Crippen molar-refractivity contribution in [1.82, 2.24) is 0 Å². The van der Waals surface area contributed by atoms with Crippen LogP contribution in [0.4, 0.5) is 10.1 Å². The number of nitrogens with zero attached hydrogens (tertiary/aromatic N) is 1. The van der Waals surface area contributed by atoms with Crippen LogP contribution >= 0.6 is 0 Å². The van der Waals surface area contributed by atoms with Crippen molar-refractivity contribution in [2.75, 3.05) is 0 Å². The molecule has 1 N–H and O–H groups in total. The second-order valence-electron chi connectivity index (χ2n) is 3.85. The molecule has 0 radical (unpaired) electrons. The Kier molecular flexibility index (Phi) is 2.99. The standard InChI is InChI=1S/C12H14FNO/c13-10-7-4-8-11(15)12(10)14-9-5-2-1-3-6-9/h4,7-8,15H,1-3,5-6H2. The summed E-state index contributed by atoms with van der Waals surface area (Å²) in [7, 11) is 0. The molecule has 1 aromatic rings. The van der Waals surface area contributed by atoms with Crippen LogP contribution in [0.25, 0.3) is 0 Å². The van der Waals surface area contributed by atoms with Crippen LogP contribution in [0.3, 0.4) is 0 Å². The van der Waals surface area contributed by atoms with Crippen LogP contribution in [-0.2, 0) is 0 Å². The summed E-state index contributed by atoms with van der Waals surface area (Å²) in [5.41, 5.74) is 1.09. The number of hydrogen-bond acceptors (Lipinski definition) is 2. The van der Waals surface area contributed by atoms with E-state index in [1.165, 1.54) is 24.6 Å². The molecule has 0 aromatic heterocycles. The Balaban J connectivity index is 2.29. The van der Waals surface area contributed by atoms with Crippen molar-refractivity contribution in [3.8, 4) is 5.75 Å². The van der Waals surface area contributed by atoms with Gasteiger partial charge in [0, 0.05) is 5.71 Å². The number of halogens is 1. The zero-order valence-electron chi connectivity index (χ0n) is 8.54. The van der Waals surface area contributed by atoms with Gasteiger partial charge in [0.15, 0.2) is 5.82 Å². The summed E-state index contributed by atoms with van der Waals surface area (Å²) in [5, 5.41) is 9.47. The van der Waals surface area contributed by atoms with Crippen LogP contribution in [-0.4, -0.2) is 10.8 Å². The Morgan fingerprint density at radius 1 is 1.13 bits per heavy atom. The lowest BCUT2D eigenvalue weighted by Crippen LogP contribution is -2.04. The average molecular weight is 207 g/mol. The van der Waals surface area contributed by atoms with E-state index in [2.05, 4.69) is 4.99 Å². The molecule has 1 aliphatic carbocycles. The third kappa shape index (κ3) is 2.35. The second-order valence-corrected chi connectivity index (χ2v) is 3.85. The number of rotatable bonds is 1. The lowest BCUT2D eigenvalue weighted by molar-refractivity contribution is 0.471. The van der Waals surface area contributed by atoms with Crippen molar-refractivity contribution < 1.29 is 9.50 Å². The number of hydrogen-bond donors (Lipinski definition) is 1. The van der Waals surface area contributed by atoms with Gasteiger partial charge in [0.2, 0.25) is 0 Å². The lowest BCUT2D eigenvalue weighted by Gasteiger charge is -2.12. The highest BCUT2D eigenvalue weighted by atomic mass is 19.1. The van der Waals surface area contributed by atoms with Gasteiger partial charge in [-0.1, -0.05) is 12.5 Å². The van der Waals surface area contributed by atoms with Crippen LogP contribution < -0.4 is 0 Å². The minimum absolute atomic E-state index is 0.0759. The van der Waals surface area contributed by atoms with E-state index in [0.717, 1.165) is 31.4 Å². The van der Waals surface area contributed by atoms with E-state index in [0.29, 0.717) is 0 Å². The average Bonchev–Trinajstić information content (AvgIpc) is 2.25. The molecule has 0 heterocycles. The van der Waals surface area contributed by atoms with Gasteiger partial charge in [-0.05, 0) is 37.8 Å². The zero-order valence-corrected chi connectivity index (χ0v) is 8.54. The maximum absolute atomic E-state index is 13.3. The third-order valence-electron chi connectivity index (χ3n) is 2.67. The number of phenols is 1. The van der Waals surface area contributed by atoms with Gasteiger partial charge in [-0.25, -0.2) is 4.39 Å². The molecule has 1 aliphatic rings. The molecule has 80 valence electrons. The molecule has 0 atom stereocenters. The Morgan fingerprint density at radius 2 is 1.87 bits per heavy atom. The van der Waals surface area contributed by atoms with Gasteiger partial charge < -0.3 is 5.11 Å². The maximum atomic E-state index is 13.3. The summed E-state index contributed by atoms with van der Waals surface area (Å²) in [6, 6.07) is 4.27. The number of aromatic hydroxyl groups is 1. The van der Waals surface area contributed by atoms with Crippen LogP contribution in [0.5, 0.6) is 5.75 Å². The predicted molar refractivity (Wildman–Crippen MR) is 58.2 cm³/mol. The van der Waals surface area contributed by atoms with Crippen LogP contribution in [0.15, 0.2) is 23.2 Å². The molecular formula is C12H14FNO. The summed E-state index contributed by atoms with van der Waals surface area (Å²) in [6.45, 7) is 0. The monoisotopic (exact) mass is 207 g/mol. The van der Waals surface area contributed by atoms with E-state index in [1.54, 1.807) is 0 Å². The molecule has 2 nitrogen and oxygen atoms in total. The summed E-state index contributed by atoms with van der Waals surface area (Å²) in [6.07, 6.45) is 5.31. The fourth-order valence-corrected chi connectivity index (χ4v) is 1.84. The molecule has 3 heteroatoms. The Labute approximate surface area is 88.5 Å². The van der Waals surface area contributed by atoms with Crippen LogP contribution in [0, 0.1) is 5.82 Å². The lowest BCUT2D eigenvalue weighted by atomic mass is 9.98. The summed E-state index contributed by atoms with van der Waals surface area (Å²) < 4.78 is 13.3. The van der Waals surface area contributed by atoms with Crippen molar-refractivity contribution >= 4 is 11.4 Å². The first-order chi connectivity index (χ1) is 7.27. The predicted octanol–water partition coefficient (Wildman–Crippen LogP) is 3.57. The van der Waals surface area contributed by atoms with Crippen LogP contribution in [0.1, 0.15) is 32.1 Å². The molecule has 0 aliphatic heterocycles. The van der Waals surface area contributed by atoms with Gasteiger partial charge in [-0.3, -0.25) is 4.99 Å². The van der Waals surface area contributed by atoms with Gasteiger partial charge in [-0.15, -0.1) is 0 Å². The SMILES string of the molecule is Oc1cccc(F)c1N=C1CCCCC1. The maximum Gasteiger partial charge on any atom is 0.152 e. The Bertz CT molecular complexity index is 359. The van der Waals surface area contributed by atoms with Crippen molar-refractivity contribution in [3.63, 3.8) is 0 Å². The minimum Gasteiger partial charge on any atom is -0.506 e. The topological polar surface area (TPSA) is 32.6 Å². The summed E-state index contributed by atoms with van der Waals surface area (Å²) >= 11 is 0. The van der Waals surface area contributed by atoms with E-state index < -0.39 is 5.82 Å². The molecule has 0 bridgehead atoms. The first-order valence-electron chi connectivity index (χ1n) is 5.31. The number of aliphatic imine (C=N–C) groups is 1. The number of para-hydroxylation sites is 1. The molecule has 2 rings (SSSR count). The highest BCUT2D eigenvalue weighted by molar-refractivity contribution is 5.88. The second kappa shape index (κ2) is 4.43. The number of benzene rings is 1. The fraction of sp³-hybridized carbons (Fsp3) is 0.417. The molecule has 15 heavy (non-hydrogen) atoms. The van der Waals surface area contributed by atoms with Crippen molar-refractivity contribution in [2.45, 2.75) is 32.1 Å². The van der Waals surface area contributed by atoms with Gasteiger partial charge in [-0.2, -0.15) is 0 Å². The van der Waals surface area contributed by atoms with Gasteiger partial charge >= 0.3 is 0 Å². The largest absolute Gasteiger partial charge is 0.506 e. The molecule has 0 spiro atoms. The van der Waals surface area contributed by atoms with E-state index in [-0.39, 0.29) is 11.4 Å². The molecule has 0 unspecified atom stereocenters. The van der Waals surface area contributed by atoms with Crippen molar-refractivity contribution in [1.29, 1.82) is 0 Å². The molecule has 1 fully saturated rings. The smallest absolute Gasteiger partial charge is 0.152 e. The Morgan fingerprint density at radius 3 is 2.53 bits per heavy atom. The first-order valence-corrected chi connectivity index (χ1v) is 5.31. The highest BCUT2D eigenvalue weighted by Gasteiger charge is 2.10. The third-order valence-corrected chi connectivity index (χ3v) is 2.67. The zero-order chi connectivity index (χ0) is 10.7. The van der Waals surface area contributed by atoms with Crippen molar-refractivity contribution in [3.05, 3.63) is 24.0 Å². The minimum atomic E-state index is -0.451. The van der Waals surface area contributed by atoms with Crippen LogP contribution in [0.2, 0.25) is 0 Å². The van der Waals surface area contributed by atoms with E-state index in [1.807, 2.05) is 0 Å². The van der Waals surface area contributed by atoms with Gasteiger partial charge in [0.05, 0.1) is 0 Å². The Hall–Kier alpha value is -1.38. The fourth-order valence-electron chi connectivity index (χ4n) is 1.84. The molecule has 1 aromatic carbocycles. The van der Waals surface area contributed by atoms with Crippen molar-refractivity contribution in [2.24, 2.45) is 4.99 Å². The molecule has 1 saturated carbocycles. The molecular weight excluding hydrogens is 193 g/mol. The number of phenolic OH excluding ortho intramolecular Hbond substituents is 1. The summed E-state index contributed by atoms with van der Waals surface area (Å²) in [4.78, 5) is 4.21. The molecule has 0 saturated heterocycles. The van der Waals surface area contributed by atoms with Gasteiger partial charge in [0.25, 0.3) is 0 Å².